The smallest absolute Gasteiger partial charge is 0.292 e. The van der Waals surface area contributed by atoms with E-state index >= 15 is 0 Å². The van der Waals surface area contributed by atoms with Gasteiger partial charge in [0.25, 0.3) is 5.69 Å². The Balaban J connectivity index is 2.26. The topological polar surface area (TPSA) is 55.2 Å². The van der Waals surface area contributed by atoms with Gasteiger partial charge in [-0.1, -0.05) is 36.4 Å². The van der Waals surface area contributed by atoms with Crippen molar-refractivity contribution in [2.24, 2.45) is 0 Å². The molecule has 0 aliphatic rings. The molecule has 2 rings (SSSR count). The third-order valence-electron chi connectivity index (χ3n) is 3.02. The van der Waals surface area contributed by atoms with Crippen molar-refractivity contribution in [2.45, 2.75) is 19.9 Å². The van der Waals surface area contributed by atoms with Gasteiger partial charge in [-0.05, 0) is 31.0 Å². The Kier molecular flexibility index (Phi) is 3.80. The molecule has 2 aromatic carbocycles. The van der Waals surface area contributed by atoms with Gasteiger partial charge in [0, 0.05) is 12.1 Å². The molecule has 0 aliphatic carbocycles. The normalized spacial score (nSPS) is 11.9. The largest absolute Gasteiger partial charge is 0.373 e. The standard InChI is InChI=1S/C15H16N2O2/c1-11-8-9-14(15(10-11)17(18)19)16-12(2)13-6-4-3-5-7-13/h3-10,12,16H,1-2H3. The predicted molar refractivity (Wildman–Crippen MR) is 76.3 cm³/mol. The van der Waals surface area contributed by atoms with Gasteiger partial charge in [-0.25, -0.2) is 0 Å². The van der Waals surface area contributed by atoms with Crippen molar-refractivity contribution in [2.75, 3.05) is 5.32 Å². The van der Waals surface area contributed by atoms with Crippen molar-refractivity contribution >= 4 is 11.4 Å². The highest BCUT2D eigenvalue weighted by Gasteiger charge is 2.15. The zero-order valence-electron chi connectivity index (χ0n) is 11.0. The van der Waals surface area contributed by atoms with E-state index in [1.54, 1.807) is 12.1 Å². The molecule has 1 atom stereocenters. The number of aryl methyl sites for hydroxylation is 1. The number of benzene rings is 2. The molecular weight excluding hydrogens is 240 g/mol. The molecule has 0 aliphatic heterocycles. The fourth-order valence-corrected chi connectivity index (χ4v) is 1.97. The number of nitro groups is 1. The van der Waals surface area contributed by atoms with Crippen LogP contribution in [0, 0.1) is 17.0 Å². The van der Waals surface area contributed by atoms with Crippen LogP contribution in [0.2, 0.25) is 0 Å². The lowest BCUT2D eigenvalue weighted by atomic mass is 10.1. The molecule has 4 heteroatoms. The number of nitrogens with one attached hydrogen (secondary N) is 1. The minimum Gasteiger partial charge on any atom is -0.373 e. The van der Waals surface area contributed by atoms with E-state index in [1.165, 1.54) is 0 Å². The fourth-order valence-electron chi connectivity index (χ4n) is 1.97. The zero-order valence-corrected chi connectivity index (χ0v) is 11.0. The van der Waals surface area contributed by atoms with Crippen LogP contribution in [0.3, 0.4) is 0 Å². The Morgan fingerprint density at radius 2 is 1.84 bits per heavy atom. The van der Waals surface area contributed by atoms with Gasteiger partial charge >= 0.3 is 0 Å². The Labute approximate surface area is 112 Å². The van der Waals surface area contributed by atoms with Crippen LogP contribution in [-0.2, 0) is 0 Å². The first-order valence-corrected chi connectivity index (χ1v) is 6.14. The first kappa shape index (κ1) is 13.1. The summed E-state index contributed by atoms with van der Waals surface area (Å²) in [5, 5.41) is 14.3. The van der Waals surface area contributed by atoms with Crippen LogP contribution < -0.4 is 5.32 Å². The van der Waals surface area contributed by atoms with Crippen molar-refractivity contribution in [1.29, 1.82) is 0 Å². The molecule has 1 N–H and O–H groups in total. The SMILES string of the molecule is Cc1ccc(NC(C)c2ccccc2)c([N+](=O)[O-])c1. The second kappa shape index (κ2) is 5.52. The summed E-state index contributed by atoms with van der Waals surface area (Å²) in [6.07, 6.45) is 0. The van der Waals surface area contributed by atoms with E-state index in [-0.39, 0.29) is 16.7 Å². The average Bonchev–Trinajstić information content (AvgIpc) is 2.41. The molecule has 0 saturated carbocycles. The maximum absolute atomic E-state index is 11.1. The minimum absolute atomic E-state index is 0.0163. The highest BCUT2D eigenvalue weighted by atomic mass is 16.6. The summed E-state index contributed by atoms with van der Waals surface area (Å²) in [4.78, 5) is 10.7. The third-order valence-corrected chi connectivity index (χ3v) is 3.02. The van der Waals surface area contributed by atoms with Crippen molar-refractivity contribution < 1.29 is 4.92 Å². The number of hydrogen-bond donors (Lipinski definition) is 1. The van der Waals surface area contributed by atoms with E-state index in [2.05, 4.69) is 5.32 Å². The van der Waals surface area contributed by atoms with Crippen molar-refractivity contribution in [3.63, 3.8) is 0 Å². The maximum Gasteiger partial charge on any atom is 0.292 e. The predicted octanol–water partition coefficient (Wildman–Crippen LogP) is 4.08. The van der Waals surface area contributed by atoms with Gasteiger partial charge in [-0.3, -0.25) is 10.1 Å². The lowest BCUT2D eigenvalue weighted by Crippen LogP contribution is -2.08. The molecule has 0 radical (unpaired) electrons. The number of nitrogens with zero attached hydrogens (tertiary/aromatic N) is 1. The lowest BCUT2D eigenvalue weighted by Gasteiger charge is -2.15. The molecule has 0 saturated heterocycles. The van der Waals surface area contributed by atoms with Gasteiger partial charge in [0.2, 0.25) is 0 Å². The summed E-state index contributed by atoms with van der Waals surface area (Å²) in [7, 11) is 0. The van der Waals surface area contributed by atoms with Gasteiger partial charge in [-0.15, -0.1) is 0 Å². The number of hydrogen-bond acceptors (Lipinski definition) is 3. The van der Waals surface area contributed by atoms with Crippen LogP contribution in [0.15, 0.2) is 48.5 Å². The molecule has 98 valence electrons. The van der Waals surface area contributed by atoms with Crippen LogP contribution in [0.5, 0.6) is 0 Å². The number of nitro benzene ring substituents is 1. The van der Waals surface area contributed by atoms with Crippen LogP contribution in [0.25, 0.3) is 0 Å². The summed E-state index contributed by atoms with van der Waals surface area (Å²) < 4.78 is 0. The molecule has 0 bridgehead atoms. The Hall–Kier alpha value is -2.36. The van der Waals surface area contributed by atoms with Gasteiger partial charge in [-0.2, -0.15) is 0 Å². The third kappa shape index (κ3) is 3.10. The van der Waals surface area contributed by atoms with Crippen molar-refractivity contribution in [1.82, 2.24) is 0 Å². The van der Waals surface area contributed by atoms with Crippen LogP contribution in [0.4, 0.5) is 11.4 Å². The Morgan fingerprint density at radius 3 is 2.47 bits per heavy atom. The molecule has 0 fully saturated rings. The zero-order chi connectivity index (χ0) is 13.8. The van der Waals surface area contributed by atoms with E-state index in [4.69, 9.17) is 0 Å². The van der Waals surface area contributed by atoms with E-state index in [0.29, 0.717) is 5.69 Å². The van der Waals surface area contributed by atoms with Crippen LogP contribution in [-0.4, -0.2) is 4.92 Å². The van der Waals surface area contributed by atoms with E-state index in [0.717, 1.165) is 11.1 Å². The molecule has 19 heavy (non-hydrogen) atoms. The molecule has 4 nitrogen and oxygen atoms in total. The summed E-state index contributed by atoms with van der Waals surface area (Å²) >= 11 is 0. The molecule has 2 aromatic rings. The Bertz CT molecular complexity index is 582. The molecule has 0 aromatic heterocycles. The quantitative estimate of drug-likeness (QED) is 0.662. The average molecular weight is 256 g/mol. The first-order valence-electron chi connectivity index (χ1n) is 6.14. The van der Waals surface area contributed by atoms with Gasteiger partial charge in [0.05, 0.1) is 4.92 Å². The lowest BCUT2D eigenvalue weighted by molar-refractivity contribution is -0.384. The second-order valence-electron chi connectivity index (χ2n) is 4.55. The maximum atomic E-state index is 11.1. The van der Waals surface area contributed by atoms with Gasteiger partial charge < -0.3 is 5.32 Å². The van der Waals surface area contributed by atoms with Gasteiger partial charge in [0.1, 0.15) is 5.69 Å². The highest BCUT2D eigenvalue weighted by Crippen LogP contribution is 2.28. The molecule has 1 unspecified atom stereocenters. The highest BCUT2D eigenvalue weighted by molar-refractivity contribution is 5.63. The van der Waals surface area contributed by atoms with E-state index in [9.17, 15) is 10.1 Å². The molecule has 0 spiro atoms. The van der Waals surface area contributed by atoms with Crippen molar-refractivity contribution in [3.8, 4) is 0 Å². The van der Waals surface area contributed by atoms with Crippen LogP contribution in [0.1, 0.15) is 24.1 Å². The molecule has 0 heterocycles. The summed E-state index contributed by atoms with van der Waals surface area (Å²) in [5.41, 5.74) is 2.64. The van der Waals surface area contributed by atoms with E-state index < -0.39 is 0 Å². The van der Waals surface area contributed by atoms with Crippen LogP contribution >= 0.6 is 0 Å². The van der Waals surface area contributed by atoms with Crippen molar-refractivity contribution in [3.05, 3.63) is 69.8 Å². The number of anilines is 1. The first-order chi connectivity index (χ1) is 9.08. The van der Waals surface area contributed by atoms with Gasteiger partial charge in [0.15, 0.2) is 0 Å². The summed E-state index contributed by atoms with van der Waals surface area (Å²) in [6, 6.07) is 15.1. The Morgan fingerprint density at radius 1 is 1.16 bits per heavy atom. The number of rotatable bonds is 4. The fraction of sp³-hybridized carbons (Fsp3) is 0.200. The monoisotopic (exact) mass is 256 g/mol. The second-order valence-corrected chi connectivity index (χ2v) is 4.55. The minimum atomic E-state index is -0.354. The summed E-state index contributed by atoms with van der Waals surface area (Å²) in [6.45, 7) is 3.83. The molecule has 0 amide bonds. The molecular formula is C15H16N2O2. The summed E-state index contributed by atoms with van der Waals surface area (Å²) in [5.74, 6) is 0. The van der Waals surface area contributed by atoms with E-state index in [1.807, 2.05) is 50.2 Å².